The molecule has 1 aromatic heterocycles. The zero-order valence-corrected chi connectivity index (χ0v) is 13.0. The van der Waals surface area contributed by atoms with Crippen molar-refractivity contribution in [2.75, 3.05) is 0 Å². The highest BCUT2D eigenvalue weighted by Crippen LogP contribution is 2.21. The Bertz CT molecular complexity index is 595. The lowest BCUT2D eigenvalue weighted by Gasteiger charge is -1.97. The van der Waals surface area contributed by atoms with Crippen LogP contribution in [0.5, 0.6) is 0 Å². The molecule has 0 spiro atoms. The molecule has 0 fully saturated rings. The van der Waals surface area contributed by atoms with Gasteiger partial charge in [0.25, 0.3) is 5.91 Å². The Morgan fingerprint density at radius 2 is 2.00 bits per heavy atom. The fourth-order valence-electron chi connectivity index (χ4n) is 1.23. The maximum absolute atomic E-state index is 11.7. The highest BCUT2D eigenvalue weighted by molar-refractivity contribution is 9.11. The standard InChI is InChI=1S/C12H8Br2N2OS/c13-9-4-2-1-3-8(9)7-15-16-12(17)10-5-6-11(14)18-10/h1-7H,(H,16,17). The molecule has 3 nitrogen and oxygen atoms in total. The van der Waals surface area contributed by atoms with Crippen molar-refractivity contribution in [2.45, 2.75) is 0 Å². The zero-order chi connectivity index (χ0) is 13.0. The third-order valence-corrected chi connectivity index (χ3v) is 4.42. The van der Waals surface area contributed by atoms with Gasteiger partial charge in [0.1, 0.15) is 0 Å². The van der Waals surface area contributed by atoms with Crippen LogP contribution >= 0.6 is 43.2 Å². The van der Waals surface area contributed by atoms with E-state index in [9.17, 15) is 4.79 Å². The van der Waals surface area contributed by atoms with E-state index >= 15 is 0 Å². The Balaban J connectivity index is 2.00. The Kier molecular flexibility index (Phi) is 4.68. The first kappa shape index (κ1) is 13.5. The zero-order valence-electron chi connectivity index (χ0n) is 9.06. The second kappa shape index (κ2) is 6.26. The lowest BCUT2D eigenvalue weighted by atomic mass is 10.2. The first-order valence-corrected chi connectivity index (χ1v) is 7.40. The molecule has 0 saturated carbocycles. The largest absolute Gasteiger partial charge is 0.281 e. The van der Waals surface area contributed by atoms with Crippen LogP contribution in [0.2, 0.25) is 0 Å². The number of nitrogens with one attached hydrogen (secondary N) is 1. The molecule has 0 atom stereocenters. The van der Waals surface area contributed by atoms with Crippen LogP contribution in [0.15, 0.2) is 49.8 Å². The Hall–Kier alpha value is -0.980. The predicted molar refractivity (Wildman–Crippen MR) is 81.2 cm³/mol. The molecular weight excluding hydrogens is 380 g/mol. The molecule has 2 rings (SSSR count). The van der Waals surface area contributed by atoms with E-state index in [-0.39, 0.29) is 5.91 Å². The van der Waals surface area contributed by atoms with E-state index in [4.69, 9.17) is 0 Å². The summed E-state index contributed by atoms with van der Waals surface area (Å²) in [5.74, 6) is -0.214. The van der Waals surface area contributed by atoms with Gasteiger partial charge in [0, 0.05) is 10.0 Å². The van der Waals surface area contributed by atoms with Crippen LogP contribution in [0, 0.1) is 0 Å². The molecule has 1 N–H and O–H groups in total. The fourth-order valence-corrected chi connectivity index (χ4v) is 2.89. The van der Waals surface area contributed by atoms with Crippen molar-refractivity contribution in [3.8, 4) is 0 Å². The lowest BCUT2D eigenvalue weighted by Crippen LogP contribution is -2.16. The molecular formula is C12H8Br2N2OS. The first-order valence-electron chi connectivity index (χ1n) is 5.00. The van der Waals surface area contributed by atoms with Gasteiger partial charge in [0.05, 0.1) is 14.9 Å². The number of carbonyl (C=O) groups is 1. The van der Waals surface area contributed by atoms with Crippen molar-refractivity contribution < 1.29 is 4.79 Å². The molecule has 0 aliphatic rings. The molecule has 1 aromatic carbocycles. The number of rotatable bonds is 3. The first-order chi connectivity index (χ1) is 8.66. The van der Waals surface area contributed by atoms with Crippen molar-refractivity contribution in [2.24, 2.45) is 5.10 Å². The van der Waals surface area contributed by atoms with Crippen LogP contribution in [0.1, 0.15) is 15.2 Å². The lowest BCUT2D eigenvalue weighted by molar-refractivity contribution is 0.0959. The van der Waals surface area contributed by atoms with Crippen molar-refractivity contribution in [3.05, 3.63) is 55.1 Å². The molecule has 0 aliphatic heterocycles. The van der Waals surface area contributed by atoms with Crippen LogP contribution in [0.4, 0.5) is 0 Å². The van der Waals surface area contributed by atoms with E-state index < -0.39 is 0 Å². The van der Waals surface area contributed by atoms with E-state index in [2.05, 4.69) is 42.4 Å². The summed E-state index contributed by atoms with van der Waals surface area (Å²) >= 11 is 8.08. The Morgan fingerprint density at radius 1 is 1.22 bits per heavy atom. The minimum absolute atomic E-state index is 0.214. The second-order valence-electron chi connectivity index (χ2n) is 3.32. The van der Waals surface area contributed by atoms with Crippen molar-refractivity contribution >= 4 is 55.3 Å². The number of halogens is 2. The van der Waals surface area contributed by atoms with Crippen LogP contribution in [0.3, 0.4) is 0 Å². The molecule has 0 bridgehead atoms. The van der Waals surface area contributed by atoms with E-state index in [0.29, 0.717) is 4.88 Å². The van der Waals surface area contributed by atoms with E-state index in [1.54, 1.807) is 12.3 Å². The SMILES string of the molecule is O=C(NN=Cc1ccccc1Br)c1ccc(Br)s1. The van der Waals surface area contributed by atoms with Gasteiger partial charge in [0.15, 0.2) is 0 Å². The number of amides is 1. The van der Waals surface area contributed by atoms with Gasteiger partial charge in [-0.05, 0) is 34.1 Å². The summed E-state index contributed by atoms with van der Waals surface area (Å²) in [6.45, 7) is 0. The predicted octanol–water partition coefficient (Wildman–Crippen LogP) is 4.04. The number of hydrogen-bond donors (Lipinski definition) is 1. The van der Waals surface area contributed by atoms with Gasteiger partial charge in [-0.2, -0.15) is 5.10 Å². The van der Waals surface area contributed by atoms with E-state index in [1.807, 2.05) is 30.3 Å². The molecule has 0 aliphatic carbocycles. The van der Waals surface area contributed by atoms with E-state index in [0.717, 1.165) is 13.8 Å². The average molecular weight is 388 g/mol. The quantitative estimate of drug-likeness (QED) is 0.626. The summed E-state index contributed by atoms with van der Waals surface area (Å²) in [6.07, 6.45) is 1.60. The Labute approximate surface area is 125 Å². The summed E-state index contributed by atoms with van der Waals surface area (Å²) < 4.78 is 1.85. The highest BCUT2D eigenvalue weighted by atomic mass is 79.9. The number of nitrogens with zero attached hydrogens (tertiary/aromatic N) is 1. The van der Waals surface area contributed by atoms with Crippen LogP contribution in [-0.4, -0.2) is 12.1 Å². The second-order valence-corrected chi connectivity index (χ2v) is 6.64. The smallest absolute Gasteiger partial charge is 0.266 e. The summed E-state index contributed by atoms with van der Waals surface area (Å²) in [5, 5.41) is 3.92. The molecule has 18 heavy (non-hydrogen) atoms. The molecule has 0 unspecified atom stereocenters. The highest BCUT2D eigenvalue weighted by Gasteiger charge is 2.06. The monoisotopic (exact) mass is 386 g/mol. The molecule has 0 radical (unpaired) electrons. The molecule has 1 amide bonds. The Morgan fingerprint density at radius 3 is 2.67 bits per heavy atom. The minimum atomic E-state index is -0.214. The van der Waals surface area contributed by atoms with Crippen molar-refractivity contribution in [3.63, 3.8) is 0 Å². The summed E-state index contributed by atoms with van der Waals surface area (Å²) in [6, 6.07) is 11.2. The van der Waals surface area contributed by atoms with Gasteiger partial charge < -0.3 is 0 Å². The molecule has 0 saturated heterocycles. The number of thiophene rings is 1. The van der Waals surface area contributed by atoms with Crippen molar-refractivity contribution in [1.29, 1.82) is 0 Å². The summed E-state index contributed by atoms with van der Waals surface area (Å²) in [4.78, 5) is 12.3. The number of hydrogen-bond acceptors (Lipinski definition) is 3. The van der Waals surface area contributed by atoms with Crippen molar-refractivity contribution in [1.82, 2.24) is 5.43 Å². The minimum Gasteiger partial charge on any atom is -0.266 e. The normalized spacial score (nSPS) is 10.8. The summed E-state index contributed by atoms with van der Waals surface area (Å²) in [5.41, 5.74) is 3.39. The maximum Gasteiger partial charge on any atom is 0.281 e. The average Bonchev–Trinajstić information content (AvgIpc) is 2.78. The van der Waals surface area contributed by atoms with Gasteiger partial charge in [-0.25, -0.2) is 5.43 Å². The fraction of sp³-hybridized carbons (Fsp3) is 0. The van der Waals surface area contributed by atoms with Gasteiger partial charge >= 0.3 is 0 Å². The molecule has 1 heterocycles. The number of hydrazone groups is 1. The molecule has 2 aromatic rings. The van der Waals surface area contributed by atoms with Gasteiger partial charge in [-0.15, -0.1) is 11.3 Å². The topological polar surface area (TPSA) is 41.5 Å². The molecule has 92 valence electrons. The van der Waals surface area contributed by atoms with Crippen LogP contribution < -0.4 is 5.43 Å². The van der Waals surface area contributed by atoms with E-state index in [1.165, 1.54) is 11.3 Å². The number of benzene rings is 1. The third kappa shape index (κ3) is 3.51. The van der Waals surface area contributed by atoms with Crippen LogP contribution in [-0.2, 0) is 0 Å². The van der Waals surface area contributed by atoms with Crippen LogP contribution in [0.25, 0.3) is 0 Å². The molecule has 6 heteroatoms. The third-order valence-electron chi connectivity index (χ3n) is 2.07. The van der Waals surface area contributed by atoms with Gasteiger partial charge in [-0.1, -0.05) is 34.1 Å². The number of carbonyl (C=O) groups excluding carboxylic acids is 1. The van der Waals surface area contributed by atoms with Gasteiger partial charge in [0.2, 0.25) is 0 Å². The van der Waals surface area contributed by atoms with Gasteiger partial charge in [-0.3, -0.25) is 4.79 Å². The summed E-state index contributed by atoms with van der Waals surface area (Å²) in [7, 11) is 0. The maximum atomic E-state index is 11.7.